The fraction of sp³-hybridized carbons (Fsp3) is 0.600. The monoisotopic (exact) mass is 384 g/mol. The van der Waals surface area contributed by atoms with Gasteiger partial charge in [0.05, 0.1) is 6.10 Å². The average Bonchev–Trinajstić information content (AvgIpc) is 3.05. The lowest BCUT2D eigenvalue weighted by atomic mass is 9.85. The standard InChI is InChI=1S/C25H36O3/c1-3-4-7-12-24(27)21-15-13-20(14-16-21)22-17-18-25(28)23(22)11-9-6-5-8-10-19(2)26/h6,9,13-16,22-24,27H,3-5,7-8,10-12,17-18H2,1-2H3/b9-6-. The lowest BCUT2D eigenvalue weighted by Crippen LogP contribution is -2.12. The van der Waals surface area contributed by atoms with Crippen molar-refractivity contribution in [2.24, 2.45) is 5.92 Å². The highest BCUT2D eigenvalue weighted by Crippen LogP contribution is 2.40. The van der Waals surface area contributed by atoms with E-state index in [0.717, 1.165) is 56.9 Å². The van der Waals surface area contributed by atoms with E-state index in [-0.39, 0.29) is 23.7 Å². The minimum Gasteiger partial charge on any atom is -0.388 e. The Morgan fingerprint density at radius 1 is 1.18 bits per heavy atom. The van der Waals surface area contributed by atoms with Crippen molar-refractivity contribution in [1.29, 1.82) is 0 Å². The van der Waals surface area contributed by atoms with Crippen LogP contribution in [0.5, 0.6) is 0 Å². The summed E-state index contributed by atoms with van der Waals surface area (Å²) in [6.45, 7) is 3.79. The maximum atomic E-state index is 12.4. The number of hydrogen-bond donors (Lipinski definition) is 1. The molecule has 3 unspecified atom stereocenters. The summed E-state index contributed by atoms with van der Waals surface area (Å²) in [5, 5.41) is 10.3. The zero-order valence-electron chi connectivity index (χ0n) is 17.5. The first-order chi connectivity index (χ1) is 13.5. The molecule has 0 radical (unpaired) electrons. The molecule has 3 heteroatoms. The minimum absolute atomic E-state index is 0.0596. The van der Waals surface area contributed by atoms with E-state index in [0.29, 0.717) is 18.6 Å². The third-order valence-electron chi connectivity index (χ3n) is 5.89. The van der Waals surface area contributed by atoms with Crippen molar-refractivity contribution in [2.45, 2.75) is 90.1 Å². The fourth-order valence-corrected chi connectivity index (χ4v) is 4.15. The largest absolute Gasteiger partial charge is 0.388 e. The number of aliphatic hydroxyl groups is 1. The highest BCUT2D eigenvalue weighted by molar-refractivity contribution is 5.84. The van der Waals surface area contributed by atoms with Crippen LogP contribution < -0.4 is 0 Å². The van der Waals surface area contributed by atoms with Crippen LogP contribution in [0, 0.1) is 5.92 Å². The SMILES string of the molecule is CCCCCC(O)c1ccc(C2CCC(=O)C2C/C=C\CCCC(C)=O)cc1. The summed E-state index contributed by atoms with van der Waals surface area (Å²) < 4.78 is 0. The summed E-state index contributed by atoms with van der Waals surface area (Å²) in [6, 6.07) is 8.27. The first-order valence-electron chi connectivity index (χ1n) is 11.0. The number of ketones is 2. The lowest BCUT2D eigenvalue weighted by molar-refractivity contribution is -0.120. The molecule has 1 saturated carbocycles. The van der Waals surface area contributed by atoms with Crippen molar-refractivity contribution in [3.8, 4) is 0 Å². The lowest BCUT2D eigenvalue weighted by Gasteiger charge is -2.19. The van der Waals surface area contributed by atoms with Gasteiger partial charge in [-0.15, -0.1) is 0 Å². The van der Waals surface area contributed by atoms with Crippen LogP contribution in [0.1, 0.15) is 101 Å². The van der Waals surface area contributed by atoms with Crippen molar-refractivity contribution < 1.29 is 14.7 Å². The normalized spacial score (nSPS) is 20.8. The Labute approximate surface area is 170 Å². The second-order valence-electron chi connectivity index (χ2n) is 8.20. The molecule has 0 bridgehead atoms. The quantitative estimate of drug-likeness (QED) is 0.351. The van der Waals surface area contributed by atoms with Gasteiger partial charge in [0.2, 0.25) is 0 Å². The molecular weight excluding hydrogens is 348 g/mol. The van der Waals surface area contributed by atoms with Crippen LogP contribution in [0.2, 0.25) is 0 Å². The summed E-state index contributed by atoms with van der Waals surface area (Å²) in [4.78, 5) is 23.3. The van der Waals surface area contributed by atoms with Crippen LogP contribution in [0.3, 0.4) is 0 Å². The molecular formula is C25H36O3. The second-order valence-corrected chi connectivity index (χ2v) is 8.20. The van der Waals surface area contributed by atoms with E-state index in [2.05, 4.69) is 31.2 Å². The molecule has 1 aliphatic carbocycles. The summed E-state index contributed by atoms with van der Waals surface area (Å²) in [7, 11) is 0. The van der Waals surface area contributed by atoms with Crippen LogP contribution in [0.4, 0.5) is 0 Å². The van der Waals surface area contributed by atoms with Crippen molar-refractivity contribution in [3.63, 3.8) is 0 Å². The molecule has 0 saturated heterocycles. The molecule has 0 aromatic heterocycles. The number of allylic oxidation sites excluding steroid dienone is 2. The Morgan fingerprint density at radius 2 is 1.93 bits per heavy atom. The molecule has 0 spiro atoms. The molecule has 28 heavy (non-hydrogen) atoms. The van der Waals surface area contributed by atoms with Gasteiger partial charge in [-0.1, -0.05) is 62.6 Å². The molecule has 0 heterocycles. The topological polar surface area (TPSA) is 54.4 Å². The van der Waals surface area contributed by atoms with Gasteiger partial charge in [-0.05, 0) is 56.1 Å². The number of benzene rings is 1. The number of hydrogen-bond acceptors (Lipinski definition) is 3. The molecule has 1 fully saturated rings. The highest BCUT2D eigenvalue weighted by Gasteiger charge is 2.34. The zero-order chi connectivity index (χ0) is 20.4. The molecule has 154 valence electrons. The van der Waals surface area contributed by atoms with E-state index in [1.165, 1.54) is 5.56 Å². The molecule has 3 nitrogen and oxygen atoms in total. The molecule has 1 aromatic rings. The van der Waals surface area contributed by atoms with E-state index in [1.807, 2.05) is 12.1 Å². The van der Waals surface area contributed by atoms with Crippen molar-refractivity contribution in [3.05, 3.63) is 47.5 Å². The summed E-state index contributed by atoms with van der Waals surface area (Å²) in [5.41, 5.74) is 2.19. The van der Waals surface area contributed by atoms with Gasteiger partial charge in [-0.2, -0.15) is 0 Å². The second kappa shape index (κ2) is 12.0. The first kappa shape index (κ1) is 22.5. The van der Waals surface area contributed by atoms with Gasteiger partial charge in [0.25, 0.3) is 0 Å². The van der Waals surface area contributed by atoms with Gasteiger partial charge in [0.15, 0.2) is 0 Å². The first-order valence-corrected chi connectivity index (χ1v) is 11.0. The molecule has 1 aromatic carbocycles. The van der Waals surface area contributed by atoms with Crippen LogP contribution in [0.25, 0.3) is 0 Å². The maximum absolute atomic E-state index is 12.4. The fourth-order valence-electron chi connectivity index (χ4n) is 4.15. The van der Waals surface area contributed by atoms with Crippen LogP contribution >= 0.6 is 0 Å². The molecule has 2 rings (SSSR count). The Morgan fingerprint density at radius 3 is 2.61 bits per heavy atom. The van der Waals surface area contributed by atoms with Crippen molar-refractivity contribution >= 4 is 11.6 Å². The molecule has 1 N–H and O–H groups in total. The Hall–Kier alpha value is -1.74. The van der Waals surface area contributed by atoms with Gasteiger partial charge in [0.1, 0.15) is 11.6 Å². The third kappa shape index (κ3) is 7.01. The smallest absolute Gasteiger partial charge is 0.136 e. The number of rotatable bonds is 12. The molecule has 0 amide bonds. The summed E-state index contributed by atoms with van der Waals surface area (Å²) in [5.74, 6) is 0.936. The zero-order valence-corrected chi connectivity index (χ0v) is 17.5. The molecule has 0 aliphatic heterocycles. The van der Waals surface area contributed by atoms with E-state index in [1.54, 1.807) is 6.92 Å². The number of Topliss-reactive ketones (excluding diaryl/α,β-unsaturated/α-hetero) is 2. The van der Waals surface area contributed by atoms with E-state index in [9.17, 15) is 14.7 Å². The maximum Gasteiger partial charge on any atom is 0.136 e. The van der Waals surface area contributed by atoms with Crippen LogP contribution in [-0.2, 0) is 9.59 Å². The van der Waals surface area contributed by atoms with Gasteiger partial charge < -0.3 is 9.90 Å². The van der Waals surface area contributed by atoms with E-state index >= 15 is 0 Å². The Kier molecular flexibility index (Phi) is 9.63. The predicted octanol–water partition coefficient (Wildman–Crippen LogP) is 6.07. The van der Waals surface area contributed by atoms with Crippen molar-refractivity contribution in [2.75, 3.05) is 0 Å². The molecule has 1 aliphatic rings. The number of unbranched alkanes of at least 4 members (excludes halogenated alkanes) is 3. The van der Waals surface area contributed by atoms with Crippen LogP contribution in [0.15, 0.2) is 36.4 Å². The van der Waals surface area contributed by atoms with E-state index in [4.69, 9.17) is 0 Å². The number of carbonyl (C=O) groups excluding carboxylic acids is 2. The predicted molar refractivity (Wildman–Crippen MR) is 114 cm³/mol. The minimum atomic E-state index is -0.389. The van der Waals surface area contributed by atoms with Gasteiger partial charge in [-0.3, -0.25) is 4.79 Å². The molecule has 3 atom stereocenters. The van der Waals surface area contributed by atoms with Crippen molar-refractivity contribution in [1.82, 2.24) is 0 Å². The Balaban J connectivity index is 1.90. The van der Waals surface area contributed by atoms with Gasteiger partial charge in [-0.25, -0.2) is 0 Å². The Bertz CT molecular complexity index is 644. The average molecular weight is 385 g/mol. The summed E-state index contributed by atoms with van der Waals surface area (Å²) >= 11 is 0. The number of carbonyl (C=O) groups is 2. The number of aliphatic hydroxyl groups excluding tert-OH is 1. The van der Waals surface area contributed by atoms with Gasteiger partial charge >= 0.3 is 0 Å². The third-order valence-corrected chi connectivity index (χ3v) is 5.89. The van der Waals surface area contributed by atoms with Crippen LogP contribution in [-0.4, -0.2) is 16.7 Å². The van der Waals surface area contributed by atoms with Gasteiger partial charge in [0, 0.05) is 18.8 Å². The highest BCUT2D eigenvalue weighted by atomic mass is 16.3. The summed E-state index contributed by atoms with van der Waals surface area (Å²) in [6.07, 6.45) is 12.8. The van der Waals surface area contributed by atoms with E-state index < -0.39 is 0 Å².